The Morgan fingerprint density at radius 1 is 1.02 bits per heavy atom. The van der Waals surface area contributed by atoms with E-state index in [1.165, 1.54) is 44.0 Å². The molecule has 9 nitrogen and oxygen atoms in total. The number of aliphatic hydroxyl groups excluding tert-OH is 2. The summed E-state index contributed by atoms with van der Waals surface area (Å²) in [5.74, 6) is 3.11. The lowest BCUT2D eigenvalue weighted by Crippen LogP contribution is -2.48. The van der Waals surface area contributed by atoms with Gasteiger partial charge in [-0.3, -0.25) is 4.90 Å². The van der Waals surface area contributed by atoms with Crippen molar-refractivity contribution in [2.24, 2.45) is 17.8 Å². The van der Waals surface area contributed by atoms with E-state index in [1.54, 1.807) is 0 Å². The number of nitrogens with zero attached hydrogens (tertiary/aromatic N) is 5. The van der Waals surface area contributed by atoms with Crippen LogP contribution in [0.3, 0.4) is 0 Å². The average molecular weight is 586 g/mol. The fourth-order valence-corrected chi connectivity index (χ4v) is 7.56. The van der Waals surface area contributed by atoms with Gasteiger partial charge in [0, 0.05) is 37.7 Å². The van der Waals surface area contributed by atoms with E-state index in [0.717, 1.165) is 72.1 Å². The quantitative estimate of drug-likeness (QED) is 0.207. The van der Waals surface area contributed by atoms with Crippen LogP contribution >= 0.6 is 0 Å². The molecule has 9 heteroatoms. The van der Waals surface area contributed by atoms with Crippen molar-refractivity contribution >= 4 is 27.9 Å². The van der Waals surface area contributed by atoms with Gasteiger partial charge in [0.1, 0.15) is 29.7 Å². The van der Waals surface area contributed by atoms with E-state index in [2.05, 4.69) is 58.8 Å². The predicted molar refractivity (Wildman–Crippen MR) is 170 cm³/mol. The Hall–Kier alpha value is -3.01. The summed E-state index contributed by atoms with van der Waals surface area (Å²) >= 11 is 0. The van der Waals surface area contributed by atoms with Gasteiger partial charge in [0.15, 0.2) is 0 Å². The number of nitrogens with two attached hydrogens (primary N) is 1. The van der Waals surface area contributed by atoms with Crippen LogP contribution < -0.4 is 5.73 Å². The number of hydrogen-bond acceptors (Lipinski definition) is 7. The zero-order chi connectivity index (χ0) is 29.9. The Morgan fingerprint density at radius 2 is 1.84 bits per heavy atom. The highest BCUT2D eigenvalue weighted by atomic mass is 16.3. The molecule has 3 saturated carbocycles. The molecule has 0 amide bonds. The number of fused-ring (bicyclic) bond motifs is 2. The molecule has 3 aromatic heterocycles. The van der Waals surface area contributed by atoms with E-state index in [-0.39, 0.29) is 17.4 Å². The number of anilines is 1. The monoisotopic (exact) mass is 585 g/mol. The first-order chi connectivity index (χ1) is 20.6. The van der Waals surface area contributed by atoms with Crippen molar-refractivity contribution in [2.75, 3.05) is 18.8 Å². The second-order valence-electron chi connectivity index (χ2n) is 14.7. The van der Waals surface area contributed by atoms with E-state index >= 15 is 0 Å². The van der Waals surface area contributed by atoms with Crippen molar-refractivity contribution in [1.29, 1.82) is 0 Å². The minimum absolute atomic E-state index is 0.0290. The third kappa shape index (κ3) is 5.79. The summed E-state index contributed by atoms with van der Waals surface area (Å²) in [4.78, 5) is 19.6. The van der Waals surface area contributed by atoms with Crippen molar-refractivity contribution in [2.45, 2.75) is 102 Å². The topological polar surface area (TPSA) is 129 Å². The lowest BCUT2D eigenvalue weighted by atomic mass is 9.76. The van der Waals surface area contributed by atoms with Crippen molar-refractivity contribution in [3.8, 4) is 0 Å². The highest BCUT2D eigenvalue weighted by Gasteiger charge is 2.45. The molecule has 0 unspecified atom stereocenters. The molecule has 0 bridgehead atoms. The van der Waals surface area contributed by atoms with Gasteiger partial charge in [-0.2, -0.15) is 0 Å². The molecular weight excluding hydrogens is 538 g/mol. The number of imidazole rings is 1. The first-order valence-electron chi connectivity index (χ1n) is 16.3. The van der Waals surface area contributed by atoms with Crippen LogP contribution in [0.2, 0.25) is 0 Å². The van der Waals surface area contributed by atoms with E-state index in [1.807, 2.05) is 16.8 Å². The average Bonchev–Trinajstić information content (AvgIpc) is 3.39. The number of aromatic nitrogens is 5. The smallest absolute Gasteiger partial charge is 0.145 e. The number of benzene rings is 1. The van der Waals surface area contributed by atoms with E-state index in [0.29, 0.717) is 11.9 Å². The summed E-state index contributed by atoms with van der Waals surface area (Å²) in [6.07, 6.45) is 11.0. The van der Waals surface area contributed by atoms with E-state index < -0.39 is 12.2 Å². The van der Waals surface area contributed by atoms with Crippen LogP contribution in [0.5, 0.6) is 0 Å². The standard InChI is InChI=1S/C34H47N7O2/c1-34(2,3)23-9-10-26-27(16-23)39-29(38-26)6-4-5-21-13-24(14-21)40(17-20-7-8-20)18-22-15-28(31(43)30(22)42)41-12-11-25-32(35)36-19-37-33(25)41/h9-12,16,19-22,24,28,30-31,42-43H,4-8,13-15,17-18H2,1-3H3,(H,38,39)(H2,35,36,37)/t21-,22-,24-,28-,30-,31+/m1/s1. The van der Waals surface area contributed by atoms with Crippen molar-refractivity contribution in [3.05, 3.63) is 48.2 Å². The molecule has 7 rings (SSSR count). The first-order valence-corrected chi connectivity index (χ1v) is 16.3. The van der Waals surface area contributed by atoms with Gasteiger partial charge in [-0.1, -0.05) is 26.8 Å². The van der Waals surface area contributed by atoms with Crippen molar-refractivity contribution < 1.29 is 10.2 Å². The maximum Gasteiger partial charge on any atom is 0.145 e. The highest BCUT2D eigenvalue weighted by Crippen LogP contribution is 2.42. The van der Waals surface area contributed by atoms with Gasteiger partial charge < -0.3 is 25.5 Å². The largest absolute Gasteiger partial charge is 0.390 e. The van der Waals surface area contributed by atoms with Crippen LogP contribution in [-0.2, 0) is 11.8 Å². The van der Waals surface area contributed by atoms with Gasteiger partial charge in [-0.05, 0) is 86.0 Å². The lowest BCUT2D eigenvalue weighted by molar-refractivity contribution is -0.0121. The minimum atomic E-state index is -0.827. The summed E-state index contributed by atoms with van der Waals surface area (Å²) in [6.45, 7) is 8.69. The molecule has 3 aliphatic carbocycles. The maximum atomic E-state index is 11.2. The van der Waals surface area contributed by atoms with Gasteiger partial charge in [-0.15, -0.1) is 0 Å². The molecule has 0 radical (unpaired) electrons. The first kappa shape index (κ1) is 28.7. The predicted octanol–water partition coefficient (Wildman–Crippen LogP) is 4.98. The van der Waals surface area contributed by atoms with Gasteiger partial charge in [0.05, 0.1) is 28.6 Å². The maximum absolute atomic E-state index is 11.2. The molecule has 5 N–H and O–H groups in total. The fourth-order valence-electron chi connectivity index (χ4n) is 7.56. The van der Waals surface area contributed by atoms with E-state index in [9.17, 15) is 10.2 Å². The number of hydrogen-bond donors (Lipinski definition) is 4. The van der Waals surface area contributed by atoms with Crippen LogP contribution in [0.4, 0.5) is 5.82 Å². The number of nitrogens with one attached hydrogen (secondary N) is 1. The molecule has 3 fully saturated rings. The Bertz CT molecular complexity index is 1580. The summed E-state index contributed by atoms with van der Waals surface area (Å²) in [7, 11) is 0. The number of aliphatic hydroxyl groups is 2. The number of nitrogen functional groups attached to an aromatic ring is 1. The van der Waals surface area contributed by atoms with E-state index in [4.69, 9.17) is 10.7 Å². The Balaban J connectivity index is 0.937. The van der Waals surface area contributed by atoms with Gasteiger partial charge >= 0.3 is 0 Å². The lowest BCUT2D eigenvalue weighted by Gasteiger charge is -2.44. The second kappa shape index (κ2) is 11.2. The Morgan fingerprint density at radius 3 is 2.60 bits per heavy atom. The second-order valence-corrected chi connectivity index (χ2v) is 14.7. The molecule has 3 heterocycles. The number of aryl methyl sites for hydroxylation is 1. The SMILES string of the molecule is CC(C)(C)c1ccc2[nH]c(CCC[C@H]3C[C@H](N(CC4CC4)C[C@H]4C[C@@H](n5ccc6c(N)ncnc65)[C@H](O)[C@@H]4O)C3)nc2c1. The number of H-pyrrole nitrogens is 1. The van der Waals surface area contributed by atoms with Crippen LogP contribution in [0.1, 0.15) is 83.1 Å². The fraction of sp³-hybridized carbons (Fsp3) is 0.618. The normalized spacial score (nSPS) is 27.9. The van der Waals surface area contributed by atoms with Crippen LogP contribution in [0, 0.1) is 17.8 Å². The van der Waals surface area contributed by atoms with Gasteiger partial charge in [0.2, 0.25) is 0 Å². The van der Waals surface area contributed by atoms with Crippen LogP contribution in [0.15, 0.2) is 36.8 Å². The molecule has 0 spiro atoms. The van der Waals surface area contributed by atoms with Crippen molar-refractivity contribution in [3.63, 3.8) is 0 Å². The number of aromatic amines is 1. The summed E-state index contributed by atoms with van der Waals surface area (Å²) in [5.41, 5.74) is 10.4. The summed E-state index contributed by atoms with van der Waals surface area (Å²) in [5, 5.41) is 23.0. The van der Waals surface area contributed by atoms with Crippen LogP contribution in [-0.4, -0.2) is 71.0 Å². The molecule has 4 atom stereocenters. The zero-order valence-electron chi connectivity index (χ0n) is 25.8. The third-order valence-electron chi connectivity index (χ3n) is 10.5. The molecule has 3 aliphatic rings. The Labute approximate surface area is 253 Å². The zero-order valence-corrected chi connectivity index (χ0v) is 25.8. The Kier molecular flexibility index (Phi) is 7.46. The molecule has 0 saturated heterocycles. The minimum Gasteiger partial charge on any atom is -0.390 e. The molecule has 0 aliphatic heterocycles. The van der Waals surface area contributed by atoms with Gasteiger partial charge in [0.25, 0.3) is 0 Å². The molecular formula is C34H47N7O2. The summed E-state index contributed by atoms with van der Waals surface area (Å²) < 4.78 is 1.98. The van der Waals surface area contributed by atoms with Gasteiger partial charge in [-0.25, -0.2) is 15.0 Å². The molecule has 43 heavy (non-hydrogen) atoms. The third-order valence-corrected chi connectivity index (χ3v) is 10.5. The number of rotatable bonds is 10. The molecule has 230 valence electrons. The van der Waals surface area contributed by atoms with Crippen molar-refractivity contribution in [1.82, 2.24) is 29.4 Å². The highest BCUT2D eigenvalue weighted by molar-refractivity contribution is 5.86. The summed E-state index contributed by atoms with van der Waals surface area (Å²) in [6, 6.07) is 8.88. The molecule has 1 aromatic carbocycles. The molecule has 4 aromatic rings. The van der Waals surface area contributed by atoms with Crippen LogP contribution in [0.25, 0.3) is 22.1 Å².